The Morgan fingerprint density at radius 1 is 1.18 bits per heavy atom. The van der Waals surface area contributed by atoms with E-state index in [1.165, 1.54) is 0 Å². The first-order valence-corrected chi connectivity index (χ1v) is 5.66. The highest BCUT2D eigenvalue weighted by Crippen LogP contribution is 2.14. The molecule has 2 N–H and O–H groups in total. The van der Waals surface area contributed by atoms with Crippen LogP contribution in [0.1, 0.15) is 12.6 Å². The zero-order valence-electron chi connectivity index (χ0n) is 9.87. The van der Waals surface area contributed by atoms with E-state index in [9.17, 15) is 0 Å². The molecule has 0 aliphatic carbocycles. The Hall–Kier alpha value is -2.10. The number of hydrogen-bond acceptors (Lipinski definition) is 4. The minimum Gasteiger partial charge on any atom is -0.397 e. The molecule has 4 heteroatoms. The number of nitrogens with zero attached hydrogens (tertiary/aromatic N) is 3. The molecule has 2 aromatic rings. The van der Waals surface area contributed by atoms with Crippen LogP contribution in [0.2, 0.25) is 0 Å². The molecule has 0 bridgehead atoms. The molecule has 0 aliphatic heterocycles. The van der Waals surface area contributed by atoms with Gasteiger partial charge < -0.3 is 10.6 Å². The lowest BCUT2D eigenvalue weighted by Gasteiger charge is -2.21. The van der Waals surface area contributed by atoms with E-state index in [0.29, 0.717) is 5.69 Å². The summed E-state index contributed by atoms with van der Waals surface area (Å²) in [5, 5.41) is 0. The second kappa shape index (κ2) is 5.30. The van der Waals surface area contributed by atoms with Crippen molar-refractivity contribution in [1.29, 1.82) is 0 Å². The summed E-state index contributed by atoms with van der Waals surface area (Å²) < 4.78 is 0. The van der Waals surface area contributed by atoms with E-state index < -0.39 is 0 Å². The number of hydrogen-bond donors (Lipinski definition) is 1. The lowest BCUT2D eigenvalue weighted by atomic mass is 10.3. The summed E-state index contributed by atoms with van der Waals surface area (Å²) in [6, 6.07) is 9.72. The first kappa shape index (κ1) is 11.4. The SMILES string of the molecule is CCN(Cc1ccccn1)c1ccc(N)cn1. The number of nitrogens with two attached hydrogens (primary N) is 1. The second-order valence-corrected chi connectivity index (χ2v) is 3.78. The van der Waals surface area contributed by atoms with E-state index in [0.717, 1.165) is 24.6 Å². The molecular formula is C13H16N4. The van der Waals surface area contributed by atoms with Crippen molar-refractivity contribution in [2.45, 2.75) is 13.5 Å². The van der Waals surface area contributed by atoms with E-state index >= 15 is 0 Å². The van der Waals surface area contributed by atoms with Crippen molar-refractivity contribution in [3.8, 4) is 0 Å². The monoisotopic (exact) mass is 228 g/mol. The Morgan fingerprint density at radius 3 is 2.65 bits per heavy atom. The second-order valence-electron chi connectivity index (χ2n) is 3.78. The van der Waals surface area contributed by atoms with Gasteiger partial charge in [0, 0.05) is 12.7 Å². The van der Waals surface area contributed by atoms with Crippen LogP contribution in [-0.2, 0) is 6.54 Å². The van der Waals surface area contributed by atoms with Crippen LogP contribution in [0, 0.1) is 0 Å². The summed E-state index contributed by atoms with van der Waals surface area (Å²) in [6.07, 6.45) is 3.48. The van der Waals surface area contributed by atoms with E-state index in [1.54, 1.807) is 12.4 Å². The van der Waals surface area contributed by atoms with Gasteiger partial charge in [0.05, 0.1) is 24.1 Å². The highest BCUT2D eigenvalue weighted by molar-refractivity contribution is 5.45. The zero-order valence-corrected chi connectivity index (χ0v) is 9.87. The van der Waals surface area contributed by atoms with Crippen LogP contribution < -0.4 is 10.6 Å². The van der Waals surface area contributed by atoms with Crippen LogP contribution >= 0.6 is 0 Å². The largest absolute Gasteiger partial charge is 0.397 e. The smallest absolute Gasteiger partial charge is 0.128 e. The van der Waals surface area contributed by atoms with Gasteiger partial charge in [0.1, 0.15) is 5.82 Å². The van der Waals surface area contributed by atoms with Crippen LogP contribution in [-0.4, -0.2) is 16.5 Å². The maximum absolute atomic E-state index is 5.63. The standard InChI is InChI=1S/C13H16N4/c1-2-17(10-12-5-3-4-8-15-12)13-7-6-11(14)9-16-13/h3-9H,2,10,14H2,1H3. The number of anilines is 2. The van der Waals surface area contributed by atoms with Crippen LogP contribution in [0.15, 0.2) is 42.7 Å². The van der Waals surface area contributed by atoms with Gasteiger partial charge in [0.2, 0.25) is 0 Å². The van der Waals surface area contributed by atoms with Crippen molar-refractivity contribution in [1.82, 2.24) is 9.97 Å². The van der Waals surface area contributed by atoms with Crippen LogP contribution in [0.25, 0.3) is 0 Å². The van der Waals surface area contributed by atoms with Gasteiger partial charge in [-0.25, -0.2) is 4.98 Å². The van der Waals surface area contributed by atoms with Crippen molar-refractivity contribution < 1.29 is 0 Å². The number of pyridine rings is 2. The molecular weight excluding hydrogens is 212 g/mol. The summed E-state index contributed by atoms with van der Waals surface area (Å²) in [7, 11) is 0. The highest BCUT2D eigenvalue weighted by Gasteiger charge is 2.06. The van der Waals surface area contributed by atoms with Gasteiger partial charge in [-0.05, 0) is 31.2 Å². The molecule has 0 atom stereocenters. The average Bonchev–Trinajstić information content (AvgIpc) is 2.38. The van der Waals surface area contributed by atoms with Crippen molar-refractivity contribution in [3.05, 3.63) is 48.4 Å². The molecule has 4 nitrogen and oxygen atoms in total. The van der Waals surface area contributed by atoms with Gasteiger partial charge in [-0.3, -0.25) is 4.98 Å². The molecule has 2 heterocycles. The van der Waals surface area contributed by atoms with Crippen LogP contribution in [0.4, 0.5) is 11.5 Å². The van der Waals surface area contributed by atoms with Gasteiger partial charge >= 0.3 is 0 Å². The fourth-order valence-electron chi connectivity index (χ4n) is 1.63. The van der Waals surface area contributed by atoms with Crippen molar-refractivity contribution in [2.75, 3.05) is 17.2 Å². The molecule has 0 unspecified atom stereocenters. The van der Waals surface area contributed by atoms with Crippen molar-refractivity contribution >= 4 is 11.5 Å². The Bertz CT molecular complexity index is 453. The van der Waals surface area contributed by atoms with Gasteiger partial charge in [0.15, 0.2) is 0 Å². The lowest BCUT2D eigenvalue weighted by Crippen LogP contribution is -2.23. The van der Waals surface area contributed by atoms with E-state index in [-0.39, 0.29) is 0 Å². The average molecular weight is 228 g/mol. The number of nitrogen functional groups attached to an aromatic ring is 1. The fourth-order valence-corrected chi connectivity index (χ4v) is 1.63. The van der Waals surface area contributed by atoms with Crippen LogP contribution in [0.5, 0.6) is 0 Å². The predicted octanol–water partition coefficient (Wildman–Crippen LogP) is 2.09. The predicted molar refractivity (Wildman–Crippen MR) is 69.6 cm³/mol. The molecule has 2 aromatic heterocycles. The fraction of sp³-hybridized carbons (Fsp3) is 0.231. The summed E-state index contributed by atoms with van der Waals surface area (Å²) in [4.78, 5) is 10.8. The Balaban J connectivity index is 2.14. The van der Waals surface area contributed by atoms with Gasteiger partial charge in [-0.2, -0.15) is 0 Å². The Kier molecular flexibility index (Phi) is 3.55. The maximum atomic E-state index is 5.63. The highest BCUT2D eigenvalue weighted by atomic mass is 15.2. The van der Waals surface area contributed by atoms with Crippen LogP contribution in [0.3, 0.4) is 0 Å². The first-order chi connectivity index (χ1) is 8.29. The molecule has 2 rings (SSSR count). The summed E-state index contributed by atoms with van der Waals surface area (Å²) in [6.45, 7) is 3.74. The molecule has 0 radical (unpaired) electrons. The third kappa shape index (κ3) is 2.93. The third-order valence-corrected chi connectivity index (χ3v) is 2.56. The topological polar surface area (TPSA) is 55.0 Å². The molecule has 0 amide bonds. The summed E-state index contributed by atoms with van der Waals surface area (Å²) >= 11 is 0. The maximum Gasteiger partial charge on any atom is 0.128 e. The Labute approximate surface area is 101 Å². The minimum absolute atomic E-state index is 0.683. The van der Waals surface area contributed by atoms with E-state index in [4.69, 9.17) is 5.73 Å². The molecule has 0 aromatic carbocycles. The summed E-state index contributed by atoms with van der Waals surface area (Å²) in [5.74, 6) is 0.923. The van der Waals surface area contributed by atoms with Gasteiger partial charge in [-0.1, -0.05) is 6.07 Å². The molecule has 0 saturated carbocycles. The van der Waals surface area contributed by atoms with Gasteiger partial charge in [-0.15, -0.1) is 0 Å². The van der Waals surface area contributed by atoms with E-state index in [2.05, 4.69) is 21.8 Å². The Morgan fingerprint density at radius 2 is 2.06 bits per heavy atom. The third-order valence-electron chi connectivity index (χ3n) is 2.56. The summed E-state index contributed by atoms with van der Waals surface area (Å²) in [5.41, 5.74) is 7.35. The molecule has 0 aliphatic rings. The lowest BCUT2D eigenvalue weighted by molar-refractivity contribution is 0.794. The quantitative estimate of drug-likeness (QED) is 0.870. The first-order valence-electron chi connectivity index (χ1n) is 5.66. The molecule has 17 heavy (non-hydrogen) atoms. The zero-order chi connectivity index (χ0) is 12.1. The normalized spacial score (nSPS) is 10.2. The molecule has 0 saturated heterocycles. The van der Waals surface area contributed by atoms with E-state index in [1.807, 2.05) is 30.3 Å². The molecule has 0 spiro atoms. The number of aromatic nitrogens is 2. The minimum atomic E-state index is 0.683. The number of rotatable bonds is 4. The molecule has 0 fully saturated rings. The van der Waals surface area contributed by atoms with Gasteiger partial charge in [0.25, 0.3) is 0 Å². The van der Waals surface area contributed by atoms with Crippen molar-refractivity contribution in [3.63, 3.8) is 0 Å². The molecule has 88 valence electrons. The van der Waals surface area contributed by atoms with Crippen molar-refractivity contribution in [2.24, 2.45) is 0 Å².